The minimum absolute atomic E-state index is 0.0226. The summed E-state index contributed by atoms with van der Waals surface area (Å²) in [6, 6.07) is 25.8. The molecular weight excluding hydrogens is 634 g/mol. The first-order valence-electron chi connectivity index (χ1n) is 16.8. The quantitative estimate of drug-likeness (QED) is 0.0483. The van der Waals surface area contributed by atoms with Crippen molar-refractivity contribution in [2.45, 2.75) is 64.3 Å². The number of rotatable bonds is 19. The van der Waals surface area contributed by atoms with Crippen LogP contribution in [0.3, 0.4) is 0 Å². The van der Waals surface area contributed by atoms with Gasteiger partial charge in [0.2, 0.25) is 17.7 Å². The van der Waals surface area contributed by atoms with E-state index in [1.54, 1.807) is 6.08 Å². The van der Waals surface area contributed by atoms with Gasteiger partial charge in [0, 0.05) is 19.2 Å². The number of nitrogens with zero attached hydrogens (tertiary/aromatic N) is 1. The van der Waals surface area contributed by atoms with Crippen LogP contribution >= 0.6 is 0 Å². The molecule has 0 aliphatic heterocycles. The van der Waals surface area contributed by atoms with Crippen LogP contribution in [0.25, 0.3) is 6.08 Å². The maximum Gasteiger partial charge on any atom is 0.408 e. The lowest BCUT2D eigenvalue weighted by molar-refractivity contribution is -0.130. The Hall–Kier alpha value is -5.65. The third kappa shape index (κ3) is 15.5. The molecule has 4 amide bonds. The molecule has 3 atom stereocenters. The number of nitrogens with one attached hydrogen (secondary N) is 4. The highest BCUT2D eigenvalue weighted by Gasteiger charge is 2.29. The summed E-state index contributed by atoms with van der Waals surface area (Å²) < 4.78 is 5.35. The summed E-state index contributed by atoms with van der Waals surface area (Å²) in [5, 5.41) is 11.4. The van der Waals surface area contributed by atoms with Gasteiger partial charge in [-0.1, -0.05) is 105 Å². The number of carbonyl (C=O) groups excluding carboxylic acids is 4. The molecule has 0 radical (unpaired) electrons. The van der Waals surface area contributed by atoms with Crippen molar-refractivity contribution in [1.29, 1.82) is 0 Å². The Morgan fingerprint density at radius 1 is 0.780 bits per heavy atom. The first-order valence-corrected chi connectivity index (χ1v) is 16.8. The predicted octanol–water partition coefficient (Wildman–Crippen LogP) is 3.42. The third-order valence-electron chi connectivity index (χ3n) is 7.53. The molecule has 0 saturated carbocycles. The molecule has 0 spiro atoms. The smallest absolute Gasteiger partial charge is 0.408 e. The summed E-state index contributed by atoms with van der Waals surface area (Å²) in [4.78, 5) is 56.8. The second-order valence-electron chi connectivity index (χ2n) is 12.3. The highest BCUT2D eigenvalue weighted by atomic mass is 16.5. The predicted molar refractivity (Wildman–Crippen MR) is 195 cm³/mol. The van der Waals surface area contributed by atoms with E-state index in [1.807, 2.05) is 105 Å². The van der Waals surface area contributed by atoms with Crippen LogP contribution in [0.4, 0.5) is 4.79 Å². The van der Waals surface area contributed by atoms with Gasteiger partial charge in [0.05, 0.1) is 6.04 Å². The molecule has 3 aromatic carbocycles. The fourth-order valence-corrected chi connectivity index (χ4v) is 5.05. The summed E-state index contributed by atoms with van der Waals surface area (Å²) in [7, 11) is 0. The first-order chi connectivity index (χ1) is 24.1. The average Bonchev–Trinajstić information content (AvgIpc) is 3.10. The Bertz CT molecular complexity index is 1550. The summed E-state index contributed by atoms with van der Waals surface area (Å²) in [5.41, 5.74) is 13.5. The molecule has 266 valence electrons. The van der Waals surface area contributed by atoms with Gasteiger partial charge in [0.1, 0.15) is 18.7 Å². The van der Waals surface area contributed by atoms with Gasteiger partial charge < -0.3 is 37.5 Å². The molecule has 0 saturated heterocycles. The summed E-state index contributed by atoms with van der Waals surface area (Å²) in [5.74, 6) is -1.30. The molecular formula is C38H49N7O5. The van der Waals surface area contributed by atoms with Gasteiger partial charge in [0.15, 0.2) is 5.96 Å². The van der Waals surface area contributed by atoms with Crippen LogP contribution in [-0.4, -0.2) is 61.0 Å². The van der Waals surface area contributed by atoms with E-state index in [9.17, 15) is 19.2 Å². The number of guanidine groups is 1. The van der Waals surface area contributed by atoms with Gasteiger partial charge in [-0.3, -0.25) is 19.4 Å². The number of alkyl carbamates (subject to hydrolysis) is 1. The van der Waals surface area contributed by atoms with Crippen LogP contribution in [-0.2, 0) is 32.1 Å². The lowest BCUT2D eigenvalue weighted by Crippen LogP contribution is -2.56. The number of amides is 4. The summed E-state index contributed by atoms with van der Waals surface area (Å²) >= 11 is 0. The zero-order chi connectivity index (χ0) is 36.1. The van der Waals surface area contributed by atoms with E-state index >= 15 is 0 Å². The van der Waals surface area contributed by atoms with Crippen molar-refractivity contribution in [2.24, 2.45) is 22.4 Å². The summed E-state index contributed by atoms with van der Waals surface area (Å²) in [6.45, 7) is 4.31. The van der Waals surface area contributed by atoms with E-state index in [0.717, 1.165) is 16.7 Å². The van der Waals surface area contributed by atoms with Crippen LogP contribution in [0.2, 0.25) is 0 Å². The average molecular weight is 684 g/mol. The molecule has 8 N–H and O–H groups in total. The monoisotopic (exact) mass is 683 g/mol. The third-order valence-corrected chi connectivity index (χ3v) is 7.53. The number of hydrogen-bond donors (Lipinski definition) is 6. The molecule has 12 nitrogen and oxygen atoms in total. The molecule has 0 bridgehead atoms. The van der Waals surface area contributed by atoms with Crippen molar-refractivity contribution in [3.05, 3.63) is 114 Å². The molecule has 0 aliphatic rings. The Morgan fingerprint density at radius 2 is 1.38 bits per heavy atom. The molecule has 0 aromatic heterocycles. The molecule has 3 unspecified atom stereocenters. The number of hydrogen-bond acceptors (Lipinski definition) is 6. The molecule has 0 aliphatic carbocycles. The Balaban J connectivity index is 1.70. The van der Waals surface area contributed by atoms with Gasteiger partial charge in [0.25, 0.3) is 0 Å². The minimum atomic E-state index is -1.02. The fraction of sp³-hybridized carbons (Fsp3) is 0.342. The van der Waals surface area contributed by atoms with E-state index in [4.69, 9.17) is 16.2 Å². The second-order valence-corrected chi connectivity index (χ2v) is 12.3. The SMILES string of the molecule is CC(C)CC(NC(=O)C(CCCN=C(N)N)NC(=O)OCc1ccccc1)C(=O)NC(CNC(=O)C=Cc1ccccc1)Cc1ccccc1. The van der Waals surface area contributed by atoms with Crippen LogP contribution in [0.15, 0.2) is 102 Å². The van der Waals surface area contributed by atoms with Crippen molar-refractivity contribution >= 4 is 35.9 Å². The zero-order valence-corrected chi connectivity index (χ0v) is 28.7. The molecule has 3 rings (SSSR count). The van der Waals surface area contributed by atoms with Gasteiger partial charge in [-0.05, 0) is 54.4 Å². The van der Waals surface area contributed by atoms with Crippen molar-refractivity contribution in [2.75, 3.05) is 13.1 Å². The molecule has 50 heavy (non-hydrogen) atoms. The Labute approximate surface area is 294 Å². The van der Waals surface area contributed by atoms with Crippen LogP contribution in [0, 0.1) is 5.92 Å². The summed E-state index contributed by atoms with van der Waals surface area (Å²) in [6.07, 6.45) is 3.74. The lowest BCUT2D eigenvalue weighted by atomic mass is 10.0. The molecule has 0 fully saturated rings. The second kappa shape index (κ2) is 21.3. The highest BCUT2D eigenvalue weighted by Crippen LogP contribution is 2.10. The number of carbonyl (C=O) groups is 4. The van der Waals surface area contributed by atoms with E-state index in [0.29, 0.717) is 19.3 Å². The minimum Gasteiger partial charge on any atom is -0.445 e. The maximum atomic E-state index is 13.8. The van der Waals surface area contributed by atoms with Gasteiger partial charge in [-0.2, -0.15) is 0 Å². The van der Waals surface area contributed by atoms with Crippen molar-refractivity contribution in [3.63, 3.8) is 0 Å². The first kappa shape index (κ1) is 38.8. The topological polar surface area (TPSA) is 190 Å². The van der Waals surface area contributed by atoms with Gasteiger partial charge in [-0.25, -0.2) is 4.79 Å². The zero-order valence-electron chi connectivity index (χ0n) is 28.7. The number of aliphatic imine (C=N–C) groups is 1. The lowest BCUT2D eigenvalue weighted by Gasteiger charge is -2.26. The van der Waals surface area contributed by atoms with Crippen molar-refractivity contribution in [1.82, 2.24) is 21.3 Å². The van der Waals surface area contributed by atoms with E-state index < -0.39 is 36.0 Å². The largest absolute Gasteiger partial charge is 0.445 e. The number of nitrogens with two attached hydrogens (primary N) is 2. The van der Waals surface area contributed by atoms with E-state index in [-0.39, 0.29) is 43.9 Å². The maximum absolute atomic E-state index is 13.8. The van der Waals surface area contributed by atoms with Crippen LogP contribution in [0.1, 0.15) is 49.8 Å². The van der Waals surface area contributed by atoms with Crippen molar-refractivity contribution in [3.8, 4) is 0 Å². The standard InChI is InChI=1S/C38H49N7O5/c1-27(2)23-33(44-35(47)32(19-12-22-41-37(39)40)45-38(49)50-26-30-17-10-5-11-18-30)36(48)43-31(24-29-15-8-4-9-16-29)25-42-34(46)21-20-28-13-6-3-7-14-28/h3-11,13-18,20-21,27,31-33H,12,19,22-26H2,1-2H3,(H,42,46)(H,43,48)(H,44,47)(H,45,49)(H4,39,40,41). The van der Waals surface area contributed by atoms with Gasteiger partial charge >= 0.3 is 6.09 Å². The fourth-order valence-electron chi connectivity index (χ4n) is 5.05. The van der Waals surface area contributed by atoms with Crippen molar-refractivity contribution < 1.29 is 23.9 Å². The molecule has 0 heterocycles. The molecule has 12 heteroatoms. The van der Waals surface area contributed by atoms with Crippen LogP contribution in [0.5, 0.6) is 0 Å². The Morgan fingerprint density at radius 3 is 2.00 bits per heavy atom. The van der Waals surface area contributed by atoms with E-state index in [1.165, 1.54) is 6.08 Å². The number of benzene rings is 3. The Kier molecular flexibility index (Phi) is 16.6. The highest BCUT2D eigenvalue weighted by molar-refractivity contribution is 5.92. The normalized spacial score (nSPS) is 12.7. The van der Waals surface area contributed by atoms with Crippen LogP contribution < -0.4 is 32.7 Å². The number of ether oxygens (including phenoxy) is 1. The molecule has 3 aromatic rings. The van der Waals surface area contributed by atoms with Gasteiger partial charge in [-0.15, -0.1) is 0 Å². The van der Waals surface area contributed by atoms with E-state index in [2.05, 4.69) is 26.3 Å².